The summed E-state index contributed by atoms with van der Waals surface area (Å²) in [5, 5.41) is 17.1. The third-order valence-corrected chi connectivity index (χ3v) is 4.96. The summed E-state index contributed by atoms with van der Waals surface area (Å²) < 4.78 is 0. The Bertz CT molecular complexity index is 915. The summed E-state index contributed by atoms with van der Waals surface area (Å²) in [7, 11) is 0. The lowest BCUT2D eigenvalue weighted by Gasteiger charge is -2.21. The number of rotatable bonds is 7. The Morgan fingerprint density at radius 1 is 0.964 bits per heavy atom. The third-order valence-electron chi connectivity index (χ3n) is 4.33. The van der Waals surface area contributed by atoms with Crippen molar-refractivity contribution in [3.63, 3.8) is 0 Å². The molecule has 146 valence electrons. The van der Waals surface area contributed by atoms with Crippen LogP contribution in [0.25, 0.3) is 11.3 Å². The summed E-state index contributed by atoms with van der Waals surface area (Å²) in [5.41, 5.74) is 2.27. The largest absolute Gasteiger partial charge is 0.394 e. The van der Waals surface area contributed by atoms with Gasteiger partial charge in [0.05, 0.1) is 34.1 Å². The maximum atomic E-state index is 9.65. The van der Waals surface area contributed by atoms with E-state index < -0.39 is 0 Å². The van der Waals surface area contributed by atoms with Gasteiger partial charge in [0.2, 0.25) is 5.95 Å². The Morgan fingerprint density at radius 3 is 2.25 bits per heavy atom. The van der Waals surface area contributed by atoms with Gasteiger partial charge in [-0.15, -0.1) is 0 Å². The molecule has 1 atom stereocenters. The van der Waals surface area contributed by atoms with E-state index in [0.717, 1.165) is 11.3 Å². The van der Waals surface area contributed by atoms with Gasteiger partial charge in [0.15, 0.2) is 0 Å². The lowest BCUT2D eigenvalue weighted by molar-refractivity contribution is 0.248. The number of para-hydroxylation sites is 1. The van der Waals surface area contributed by atoms with Crippen LogP contribution in [0, 0.1) is 5.92 Å². The molecule has 0 fully saturated rings. The molecule has 28 heavy (non-hydrogen) atoms. The van der Waals surface area contributed by atoms with E-state index in [9.17, 15) is 5.11 Å². The lowest BCUT2D eigenvalue weighted by atomic mass is 10.1. The first-order valence-corrected chi connectivity index (χ1v) is 9.76. The van der Waals surface area contributed by atoms with Crippen molar-refractivity contribution in [1.29, 1.82) is 0 Å². The number of halogens is 2. The second-order valence-electron chi connectivity index (χ2n) is 6.73. The molecule has 0 aliphatic rings. The zero-order valence-electron chi connectivity index (χ0n) is 15.7. The van der Waals surface area contributed by atoms with Crippen LogP contribution in [0.3, 0.4) is 0 Å². The van der Waals surface area contributed by atoms with Gasteiger partial charge in [-0.25, -0.2) is 4.98 Å². The number of hydrogen-bond donors (Lipinski definition) is 3. The Kier molecular flexibility index (Phi) is 6.73. The van der Waals surface area contributed by atoms with E-state index in [1.807, 2.05) is 50.2 Å². The van der Waals surface area contributed by atoms with Crippen LogP contribution in [0.2, 0.25) is 10.0 Å². The fraction of sp³-hybridized carbons (Fsp3) is 0.238. The van der Waals surface area contributed by atoms with E-state index >= 15 is 0 Å². The molecule has 0 unspecified atom stereocenters. The minimum absolute atomic E-state index is 0.0182. The third kappa shape index (κ3) is 4.93. The second-order valence-corrected chi connectivity index (χ2v) is 7.54. The van der Waals surface area contributed by atoms with Crippen molar-refractivity contribution in [2.75, 3.05) is 17.2 Å². The Labute approximate surface area is 174 Å². The molecule has 1 aromatic heterocycles. The summed E-state index contributed by atoms with van der Waals surface area (Å²) in [6, 6.07) is 16.8. The molecule has 0 saturated carbocycles. The average molecular weight is 417 g/mol. The summed E-state index contributed by atoms with van der Waals surface area (Å²) in [6.45, 7) is 4.03. The van der Waals surface area contributed by atoms with Crippen molar-refractivity contribution in [2.45, 2.75) is 19.9 Å². The van der Waals surface area contributed by atoms with Gasteiger partial charge in [0.1, 0.15) is 5.82 Å². The number of aromatic nitrogens is 2. The van der Waals surface area contributed by atoms with Crippen molar-refractivity contribution >= 4 is 40.7 Å². The molecule has 1 heterocycles. The van der Waals surface area contributed by atoms with E-state index in [1.54, 1.807) is 18.2 Å². The van der Waals surface area contributed by atoms with Crippen molar-refractivity contribution in [3.05, 3.63) is 64.6 Å². The van der Waals surface area contributed by atoms with Crippen LogP contribution < -0.4 is 10.6 Å². The normalized spacial score (nSPS) is 12.1. The van der Waals surface area contributed by atoms with E-state index in [4.69, 9.17) is 23.2 Å². The van der Waals surface area contributed by atoms with Gasteiger partial charge < -0.3 is 15.7 Å². The van der Waals surface area contributed by atoms with E-state index in [0.29, 0.717) is 27.5 Å². The molecule has 7 heteroatoms. The smallest absolute Gasteiger partial charge is 0.225 e. The molecule has 3 N–H and O–H groups in total. The number of nitrogens with one attached hydrogen (secondary N) is 2. The topological polar surface area (TPSA) is 70.1 Å². The van der Waals surface area contributed by atoms with Gasteiger partial charge in [0.25, 0.3) is 0 Å². The molecule has 0 spiro atoms. The number of aliphatic hydroxyl groups is 1. The maximum absolute atomic E-state index is 9.65. The highest BCUT2D eigenvalue weighted by atomic mass is 35.5. The SMILES string of the molecule is CC(C)[C@@H](CO)Nc1nc(Nc2c(Cl)cccc2Cl)cc(-c2ccccc2)n1. The monoisotopic (exact) mass is 416 g/mol. The molecule has 0 bridgehead atoms. The van der Waals surface area contributed by atoms with E-state index in [1.165, 1.54) is 0 Å². The summed E-state index contributed by atoms with van der Waals surface area (Å²) in [5.74, 6) is 1.18. The minimum atomic E-state index is -0.164. The van der Waals surface area contributed by atoms with Crippen LogP contribution in [-0.2, 0) is 0 Å². The molecule has 2 aromatic carbocycles. The summed E-state index contributed by atoms with van der Waals surface area (Å²) in [4.78, 5) is 9.17. The van der Waals surface area contributed by atoms with Crippen LogP contribution in [-0.4, -0.2) is 27.7 Å². The van der Waals surface area contributed by atoms with Gasteiger partial charge in [-0.1, -0.05) is 73.4 Å². The van der Waals surface area contributed by atoms with E-state index in [-0.39, 0.29) is 18.6 Å². The van der Waals surface area contributed by atoms with Crippen LogP contribution >= 0.6 is 23.2 Å². The zero-order chi connectivity index (χ0) is 20.1. The predicted molar refractivity (Wildman–Crippen MR) is 117 cm³/mol. The predicted octanol–water partition coefficient (Wildman–Crippen LogP) is 5.62. The molecule has 0 aliphatic carbocycles. The number of hydrogen-bond acceptors (Lipinski definition) is 5. The highest BCUT2D eigenvalue weighted by molar-refractivity contribution is 6.39. The molecule has 0 aliphatic heterocycles. The van der Waals surface area contributed by atoms with E-state index in [2.05, 4.69) is 20.6 Å². The quantitative estimate of drug-likeness (QED) is 0.465. The first kappa shape index (κ1) is 20.4. The first-order valence-electron chi connectivity index (χ1n) is 9.01. The van der Waals surface area contributed by atoms with Gasteiger partial charge >= 0.3 is 0 Å². The van der Waals surface area contributed by atoms with Gasteiger partial charge in [-0.05, 0) is 18.1 Å². The highest BCUT2D eigenvalue weighted by Gasteiger charge is 2.16. The van der Waals surface area contributed by atoms with Crippen molar-refractivity contribution < 1.29 is 5.11 Å². The van der Waals surface area contributed by atoms with Gasteiger partial charge in [-0.3, -0.25) is 0 Å². The molecule has 0 saturated heterocycles. The van der Waals surface area contributed by atoms with Crippen molar-refractivity contribution in [1.82, 2.24) is 9.97 Å². The van der Waals surface area contributed by atoms with Crippen LogP contribution in [0.5, 0.6) is 0 Å². The Hall–Kier alpha value is -2.34. The van der Waals surface area contributed by atoms with Crippen molar-refractivity contribution in [2.24, 2.45) is 5.92 Å². The molecule has 5 nitrogen and oxygen atoms in total. The average Bonchev–Trinajstić information content (AvgIpc) is 2.69. The summed E-state index contributed by atoms with van der Waals surface area (Å²) >= 11 is 12.6. The molecule has 0 radical (unpaired) electrons. The molecule has 0 amide bonds. The molecule has 3 aromatic rings. The van der Waals surface area contributed by atoms with Crippen LogP contribution in [0.4, 0.5) is 17.5 Å². The molecular weight excluding hydrogens is 395 g/mol. The summed E-state index contributed by atoms with van der Waals surface area (Å²) in [6.07, 6.45) is 0. The van der Waals surface area contributed by atoms with Crippen LogP contribution in [0.15, 0.2) is 54.6 Å². The standard InChI is InChI=1S/C21H22Cl2N4O/c1-13(2)18(12-28)25-21-24-17(14-7-4-3-5-8-14)11-19(27-21)26-20-15(22)9-6-10-16(20)23/h3-11,13,18,28H,12H2,1-2H3,(H2,24,25,26,27)/t18-/m1/s1. The Morgan fingerprint density at radius 2 is 1.64 bits per heavy atom. The van der Waals surface area contributed by atoms with Crippen molar-refractivity contribution in [3.8, 4) is 11.3 Å². The number of nitrogens with zero attached hydrogens (tertiary/aromatic N) is 2. The number of anilines is 3. The maximum Gasteiger partial charge on any atom is 0.225 e. The first-order chi connectivity index (χ1) is 13.5. The minimum Gasteiger partial charge on any atom is -0.394 e. The highest BCUT2D eigenvalue weighted by Crippen LogP contribution is 2.33. The van der Waals surface area contributed by atoms with Gasteiger partial charge in [0, 0.05) is 11.6 Å². The second kappa shape index (κ2) is 9.24. The number of aliphatic hydroxyl groups excluding tert-OH is 1. The Balaban J connectivity index is 2.02. The van der Waals surface area contributed by atoms with Crippen LogP contribution in [0.1, 0.15) is 13.8 Å². The fourth-order valence-corrected chi connectivity index (χ4v) is 3.16. The number of benzene rings is 2. The molecular formula is C21H22Cl2N4O. The lowest BCUT2D eigenvalue weighted by Crippen LogP contribution is -2.30. The molecule has 3 rings (SSSR count). The fourth-order valence-electron chi connectivity index (χ4n) is 2.67. The van der Waals surface area contributed by atoms with Gasteiger partial charge in [-0.2, -0.15) is 4.98 Å². The zero-order valence-corrected chi connectivity index (χ0v) is 17.2.